The maximum atomic E-state index is 12.5. The Morgan fingerprint density at radius 3 is 3.00 bits per heavy atom. The molecule has 0 spiro atoms. The monoisotopic (exact) mass is 389 g/mol. The maximum Gasteiger partial charge on any atom is 0.254 e. The Hall–Kier alpha value is -2.73. The smallest absolute Gasteiger partial charge is 0.254 e. The third-order valence-corrected chi connectivity index (χ3v) is 6.26. The SMILES string of the molecule is O=c1[nH]c(-c2cccc(CN3CCC[C@H]3Cn3ccnc3)c2)nc2c1CCCC2. The lowest BCUT2D eigenvalue weighted by Gasteiger charge is -2.25. The number of nitrogens with one attached hydrogen (secondary N) is 1. The van der Waals surface area contributed by atoms with Crippen molar-refractivity contribution in [1.29, 1.82) is 0 Å². The molecule has 0 radical (unpaired) electrons. The minimum Gasteiger partial charge on any atom is -0.336 e. The number of rotatable bonds is 5. The Bertz CT molecular complexity index is 1040. The van der Waals surface area contributed by atoms with Crippen LogP contribution in [0.2, 0.25) is 0 Å². The molecule has 1 fully saturated rings. The van der Waals surface area contributed by atoms with E-state index in [0.717, 1.165) is 62.1 Å². The summed E-state index contributed by atoms with van der Waals surface area (Å²) < 4.78 is 2.17. The molecule has 1 aromatic carbocycles. The van der Waals surface area contributed by atoms with Crippen molar-refractivity contribution in [2.45, 2.75) is 57.7 Å². The fourth-order valence-corrected chi connectivity index (χ4v) is 4.74. The summed E-state index contributed by atoms with van der Waals surface area (Å²) in [5.41, 5.74) is 4.17. The van der Waals surface area contributed by atoms with Crippen LogP contribution in [0.1, 0.15) is 42.5 Å². The van der Waals surface area contributed by atoms with Crippen LogP contribution in [0.15, 0.2) is 47.8 Å². The Morgan fingerprint density at radius 1 is 1.17 bits per heavy atom. The third kappa shape index (κ3) is 3.90. The van der Waals surface area contributed by atoms with Gasteiger partial charge in [-0.2, -0.15) is 0 Å². The predicted octanol–water partition coefficient (Wildman–Crippen LogP) is 3.18. The van der Waals surface area contributed by atoms with Gasteiger partial charge in [-0.15, -0.1) is 0 Å². The molecule has 150 valence electrons. The highest BCUT2D eigenvalue weighted by Gasteiger charge is 2.25. The standard InChI is InChI=1S/C23H27N5O/c29-23-20-8-1-2-9-21(20)25-22(26-23)18-6-3-5-17(13-18)14-28-11-4-7-19(28)15-27-12-10-24-16-27/h3,5-6,10,12-13,16,19H,1-2,4,7-9,11,14-15H2,(H,25,26,29)/t19-/m0/s1. The van der Waals surface area contributed by atoms with Gasteiger partial charge in [-0.3, -0.25) is 9.69 Å². The second-order valence-electron chi connectivity index (χ2n) is 8.27. The molecule has 6 nitrogen and oxygen atoms in total. The summed E-state index contributed by atoms with van der Waals surface area (Å²) in [6.07, 6.45) is 12.2. The van der Waals surface area contributed by atoms with E-state index in [1.165, 1.54) is 18.4 Å². The van der Waals surface area contributed by atoms with Crippen LogP contribution in [-0.4, -0.2) is 37.0 Å². The highest BCUT2D eigenvalue weighted by molar-refractivity contribution is 5.56. The zero-order valence-corrected chi connectivity index (χ0v) is 16.7. The minimum absolute atomic E-state index is 0.0371. The van der Waals surface area contributed by atoms with Gasteiger partial charge in [0.2, 0.25) is 0 Å². The van der Waals surface area contributed by atoms with E-state index in [-0.39, 0.29) is 5.56 Å². The molecule has 0 saturated carbocycles. The van der Waals surface area contributed by atoms with Gasteiger partial charge in [0.1, 0.15) is 5.82 Å². The van der Waals surface area contributed by atoms with E-state index in [2.05, 4.69) is 37.6 Å². The zero-order chi connectivity index (χ0) is 19.6. The van der Waals surface area contributed by atoms with Crippen LogP contribution in [0.3, 0.4) is 0 Å². The van der Waals surface area contributed by atoms with Gasteiger partial charge in [0.25, 0.3) is 5.56 Å². The molecule has 2 aliphatic rings. The van der Waals surface area contributed by atoms with Gasteiger partial charge in [0, 0.05) is 42.7 Å². The van der Waals surface area contributed by atoms with Crippen LogP contribution in [0.5, 0.6) is 0 Å². The summed E-state index contributed by atoms with van der Waals surface area (Å²) in [5, 5.41) is 0. The summed E-state index contributed by atoms with van der Waals surface area (Å²) >= 11 is 0. The van der Waals surface area contributed by atoms with Crippen LogP contribution in [0, 0.1) is 0 Å². The number of aryl methyl sites for hydroxylation is 1. The lowest BCUT2D eigenvalue weighted by Crippen LogP contribution is -2.32. The molecule has 5 rings (SSSR count). The number of hydrogen-bond donors (Lipinski definition) is 1. The largest absolute Gasteiger partial charge is 0.336 e. The van der Waals surface area contributed by atoms with Gasteiger partial charge >= 0.3 is 0 Å². The lowest BCUT2D eigenvalue weighted by molar-refractivity contribution is 0.224. The molecule has 1 N–H and O–H groups in total. The molecule has 2 aromatic heterocycles. The van der Waals surface area contributed by atoms with Crippen LogP contribution >= 0.6 is 0 Å². The number of fused-ring (bicyclic) bond motifs is 1. The van der Waals surface area contributed by atoms with E-state index in [4.69, 9.17) is 4.98 Å². The summed E-state index contributed by atoms with van der Waals surface area (Å²) in [5.74, 6) is 0.703. The Kier molecular flexibility index (Phi) is 5.02. The fraction of sp³-hybridized carbons (Fsp3) is 0.435. The molecule has 0 amide bonds. The number of benzene rings is 1. The van der Waals surface area contributed by atoms with E-state index in [9.17, 15) is 4.79 Å². The van der Waals surface area contributed by atoms with Crippen molar-refractivity contribution in [3.63, 3.8) is 0 Å². The van der Waals surface area contributed by atoms with E-state index >= 15 is 0 Å². The van der Waals surface area contributed by atoms with E-state index in [1.54, 1.807) is 0 Å². The topological polar surface area (TPSA) is 66.8 Å². The Morgan fingerprint density at radius 2 is 2.10 bits per heavy atom. The van der Waals surface area contributed by atoms with E-state index in [0.29, 0.717) is 11.9 Å². The van der Waals surface area contributed by atoms with Gasteiger partial charge in [0.15, 0.2) is 0 Å². The first-order valence-electron chi connectivity index (χ1n) is 10.7. The quantitative estimate of drug-likeness (QED) is 0.728. The van der Waals surface area contributed by atoms with Crippen LogP contribution in [-0.2, 0) is 25.9 Å². The summed E-state index contributed by atoms with van der Waals surface area (Å²) in [6, 6.07) is 9.01. The normalized spacial score (nSPS) is 19.4. The summed E-state index contributed by atoms with van der Waals surface area (Å²) in [6.45, 7) is 3.03. The van der Waals surface area contributed by atoms with Gasteiger partial charge in [-0.05, 0) is 56.7 Å². The second-order valence-corrected chi connectivity index (χ2v) is 8.27. The van der Waals surface area contributed by atoms with Crippen molar-refractivity contribution in [3.8, 4) is 11.4 Å². The van der Waals surface area contributed by atoms with Gasteiger partial charge < -0.3 is 9.55 Å². The molecule has 6 heteroatoms. The molecular formula is C23H27N5O. The highest BCUT2D eigenvalue weighted by Crippen LogP contribution is 2.24. The minimum atomic E-state index is 0.0371. The van der Waals surface area contributed by atoms with Gasteiger partial charge in [0.05, 0.1) is 12.0 Å². The molecule has 1 aliphatic carbocycles. The number of likely N-dealkylation sites (tertiary alicyclic amines) is 1. The van der Waals surface area contributed by atoms with Crippen molar-refractivity contribution in [2.75, 3.05) is 6.54 Å². The number of aromatic amines is 1. The molecular weight excluding hydrogens is 362 g/mol. The van der Waals surface area contributed by atoms with Crippen molar-refractivity contribution in [3.05, 3.63) is 70.2 Å². The molecule has 1 atom stereocenters. The highest BCUT2D eigenvalue weighted by atomic mass is 16.1. The van der Waals surface area contributed by atoms with Gasteiger partial charge in [-0.25, -0.2) is 9.97 Å². The molecule has 29 heavy (non-hydrogen) atoms. The Balaban J connectivity index is 1.36. The first kappa shape index (κ1) is 18.3. The van der Waals surface area contributed by atoms with E-state index in [1.807, 2.05) is 24.8 Å². The second kappa shape index (κ2) is 7.95. The first-order chi connectivity index (χ1) is 14.3. The van der Waals surface area contributed by atoms with Crippen molar-refractivity contribution >= 4 is 0 Å². The van der Waals surface area contributed by atoms with E-state index < -0.39 is 0 Å². The Labute approximate surface area is 170 Å². The molecule has 3 heterocycles. The number of nitrogens with zero attached hydrogens (tertiary/aromatic N) is 4. The number of H-pyrrole nitrogens is 1. The maximum absolute atomic E-state index is 12.5. The number of hydrogen-bond acceptors (Lipinski definition) is 4. The average molecular weight is 390 g/mol. The molecule has 3 aromatic rings. The van der Waals surface area contributed by atoms with Crippen LogP contribution in [0.4, 0.5) is 0 Å². The van der Waals surface area contributed by atoms with Crippen LogP contribution < -0.4 is 5.56 Å². The third-order valence-electron chi connectivity index (χ3n) is 6.26. The lowest BCUT2D eigenvalue weighted by atomic mass is 9.97. The first-order valence-corrected chi connectivity index (χ1v) is 10.7. The number of aromatic nitrogens is 4. The van der Waals surface area contributed by atoms with Crippen molar-refractivity contribution in [2.24, 2.45) is 0 Å². The summed E-state index contributed by atoms with van der Waals surface area (Å²) in [4.78, 5) is 27.1. The number of imidazole rings is 1. The van der Waals surface area contributed by atoms with Gasteiger partial charge in [-0.1, -0.05) is 18.2 Å². The predicted molar refractivity (Wildman–Crippen MR) is 113 cm³/mol. The zero-order valence-electron chi connectivity index (χ0n) is 16.7. The van der Waals surface area contributed by atoms with Crippen molar-refractivity contribution in [1.82, 2.24) is 24.4 Å². The molecule has 1 aliphatic heterocycles. The average Bonchev–Trinajstić information content (AvgIpc) is 3.41. The molecule has 1 saturated heterocycles. The molecule has 0 unspecified atom stereocenters. The molecule has 0 bridgehead atoms. The van der Waals surface area contributed by atoms with Crippen molar-refractivity contribution < 1.29 is 0 Å². The fourth-order valence-electron chi connectivity index (χ4n) is 4.74. The van der Waals surface area contributed by atoms with Crippen LogP contribution in [0.25, 0.3) is 11.4 Å². The summed E-state index contributed by atoms with van der Waals surface area (Å²) in [7, 11) is 0.